The second-order valence-corrected chi connectivity index (χ2v) is 6.94. The van der Waals surface area contributed by atoms with Gasteiger partial charge in [-0.3, -0.25) is 4.90 Å². The van der Waals surface area contributed by atoms with Gasteiger partial charge in [-0.2, -0.15) is 0 Å². The van der Waals surface area contributed by atoms with Gasteiger partial charge in [-0.1, -0.05) is 31.5 Å². The van der Waals surface area contributed by atoms with E-state index >= 15 is 0 Å². The molecule has 2 heterocycles. The third-order valence-corrected chi connectivity index (χ3v) is 5.34. The van der Waals surface area contributed by atoms with Crippen molar-refractivity contribution in [1.29, 1.82) is 0 Å². The van der Waals surface area contributed by atoms with Crippen molar-refractivity contribution >= 4 is 16.9 Å². The largest absolute Gasteiger partial charge is 0.358 e. The third-order valence-electron chi connectivity index (χ3n) is 5.34. The molecule has 2 amide bonds. The van der Waals surface area contributed by atoms with E-state index in [4.69, 9.17) is 0 Å². The van der Waals surface area contributed by atoms with Crippen LogP contribution in [0.5, 0.6) is 0 Å². The Hall–Kier alpha value is -2.01. The van der Waals surface area contributed by atoms with Gasteiger partial charge in [0.2, 0.25) is 0 Å². The first-order chi connectivity index (χ1) is 12.2. The molecule has 3 rings (SSSR count). The molecule has 1 aliphatic rings. The number of aryl methyl sites for hydroxylation is 1. The fraction of sp³-hybridized carbons (Fsp3) is 0.550. The number of carbonyl (C=O) groups excluding carboxylic acids is 1. The predicted molar refractivity (Wildman–Crippen MR) is 103 cm³/mol. The van der Waals surface area contributed by atoms with Crippen LogP contribution in [0.1, 0.15) is 37.4 Å². The molecule has 1 aromatic carbocycles. The van der Waals surface area contributed by atoms with E-state index in [2.05, 4.69) is 52.6 Å². The summed E-state index contributed by atoms with van der Waals surface area (Å²) in [5.41, 5.74) is 3.64. The van der Waals surface area contributed by atoms with E-state index in [1.165, 1.54) is 35.9 Å². The van der Waals surface area contributed by atoms with Crippen LogP contribution in [-0.4, -0.2) is 48.1 Å². The van der Waals surface area contributed by atoms with Crippen molar-refractivity contribution in [2.24, 2.45) is 0 Å². The van der Waals surface area contributed by atoms with Crippen LogP contribution in [0.4, 0.5) is 4.79 Å². The summed E-state index contributed by atoms with van der Waals surface area (Å²) in [6, 6.07) is 8.76. The fourth-order valence-corrected chi connectivity index (χ4v) is 3.94. The Labute approximate surface area is 150 Å². The number of aromatic amines is 1. The van der Waals surface area contributed by atoms with E-state index in [0.29, 0.717) is 12.6 Å². The summed E-state index contributed by atoms with van der Waals surface area (Å²) in [5, 5.41) is 7.30. The zero-order chi connectivity index (χ0) is 17.6. The summed E-state index contributed by atoms with van der Waals surface area (Å²) in [6.07, 6.45) is 4.57. The number of likely N-dealkylation sites (N-methyl/N-ethyl adjacent to an activating group) is 1. The number of piperidine rings is 1. The van der Waals surface area contributed by atoms with Gasteiger partial charge in [-0.05, 0) is 50.9 Å². The van der Waals surface area contributed by atoms with Crippen LogP contribution in [0, 0.1) is 6.92 Å². The van der Waals surface area contributed by atoms with E-state index in [1.807, 2.05) is 6.07 Å². The number of fused-ring (bicyclic) bond motifs is 1. The maximum absolute atomic E-state index is 12.1. The molecular formula is C20H30N4O. The number of para-hydroxylation sites is 1. The van der Waals surface area contributed by atoms with Gasteiger partial charge in [0.25, 0.3) is 0 Å². The normalized spacial score (nSPS) is 18.4. The second-order valence-electron chi connectivity index (χ2n) is 6.94. The molecule has 1 unspecified atom stereocenters. The molecule has 1 aliphatic heterocycles. The minimum absolute atomic E-state index is 0.0564. The number of hydrogen-bond acceptors (Lipinski definition) is 2. The van der Waals surface area contributed by atoms with E-state index in [-0.39, 0.29) is 6.03 Å². The van der Waals surface area contributed by atoms with Crippen molar-refractivity contribution in [1.82, 2.24) is 20.5 Å². The smallest absolute Gasteiger partial charge is 0.314 e. The molecule has 1 fully saturated rings. The molecule has 2 aromatic rings. The summed E-state index contributed by atoms with van der Waals surface area (Å²) in [7, 11) is 0. The summed E-state index contributed by atoms with van der Waals surface area (Å²) >= 11 is 0. The van der Waals surface area contributed by atoms with Crippen molar-refractivity contribution in [3.8, 4) is 0 Å². The van der Waals surface area contributed by atoms with E-state index < -0.39 is 0 Å². The van der Waals surface area contributed by atoms with Crippen molar-refractivity contribution in [3.05, 3.63) is 35.5 Å². The number of nitrogens with zero attached hydrogens (tertiary/aromatic N) is 1. The van der Waals surface area contributed by atoms with Crippen LogP contribution in [-0.2, 0) is 6.42 Å². The second kappa shape index (κ2) is 8.39. The van der Waals surface area contributed by atoms with Crippen LogP contribution < -0.4 is 10.6 Å². The fourth-order valence-electron chi connectivity index (χ4n) is 3.94. The molecule has 5 heteroatoms. The maximum Gasteiger partial charge on any atom is 0.314 e. The van der Waals surface area contributed by atoms with Crippen LogP contribution in [0.3, 0.4) is 0 Å². The highest BCUT2D eigenvalue weighted by Crippen LogP contribution is 2.21. The highest BCUT2D eigenvalue weighted by Gasteiger charge is 2.21. The Morgan fingerprint density at radius 3 is 2.96 bits per heavy atom. The molecule has 1 saturated heterocycles. The van der Waals surface area contributed by atoms with Gasteiger partial charge < -0.3 is 15.6 Å². The lowest BCUT2D eigenvalue weighted by Gasteiger charge is -2.34. The first-order valence-electron chi connectivity index (χ1n) is 9.51. The Kier molecular flexibility index (Phi) is 5.97. The minimum atomic E-state index is -0.0564. The number of nitrogens with one attached hydrogen (secondary N) is 3. The summed E-state index contributed by atoms with van der Waals surface area (Å²) in [6.45, 7) is 7.90. The summed E-state index contributed by atoms with van der Waals surface area (Å²) in [5.74, 6) is 0. The average Bonchev–Trinajstić information content (AvgIpc) is 2.96. The van der Waals surface area contributed by atoms with Gasteiger partial charge in [0.05, 0.1) is 0 Å². The summed E-state index contributed by atoms with van der Waals surface area (Å²) in [4.78, 5) is 18.0. The molecule has 1 aromatic heterocycles. The minimum Gasteiger partial charge on any atom is -0.358 e. The van der Waals surface area contributed by atoms with Gasteiger partial charge in [0, 0.05) is 35.7 Å². The highest BCUT2D eigenvalue weighted by atomic mass is 16.2. The van der Waals surface area contributed by atoms with Crippen molar-refractivity contribution < 1.29 is 4.79 Å². The van der Waals surface area contributed by atoms with Crippen LogP contribution >= 0.6 is 0 Å². The number of H-pyrrole nitrogens is 1. The van der Waals surface area contributed by atoms with Crippen LogP contribution in [0.25, 0.3) is 10.9 Å². The number of hydrogen-bond donors (Lipinski definition) is 3. The summed E-state index contributed by atoms with van der Waals surface area (Å²) < 4.78 is 0. The zero-order valence-electron chi connectivity index (χ0n) is 15.4. The first-order valence-corrected chi connectivity index (χ1v) is 9.51. The van der Waals surface area contributed by atoms with Gasteiger partial charge in [-0.15, -0.1) is 0 Å². The molecule has 136 valence electrons. The molecule has 5 nitrogen and oxygen atoms in total. The molecule has 0 saturated carbocycles. The maximum atomic E-state index is 12.1. The molecule has 0 aliphatic carbocycles. The predicted octanol–water partition coefficient (Wildman–Crippen LogP) is 3.19. The van der Waals surface area contributed by atoms with E-state index in [9.17, 15) is 4.79 Å². The van der Waals surface area contributed by atoms with Gasteiger partial charge in [-0.25, -0.2) is 4.79 Å². The molecule has 1 atom stereocenters. The number of aromatic nitrogens is 1. The number of likely N-dealkylation sites (tertiary alicyclic amines) is 1. The van der Waals surface area contributed by atoms with Crippen molar-refractivity contribution in [3.63, 3.8) is 0 Å². The Bertz CT molecular complexity index is 709. The van der Waals surface area contributed by atoms with Gasteiger partial charge >= 0.3 is 6.03 Å². The van der Waals surface area contributed by atoms with Crippen molar-refractivity contribution in [2.75, 3.05) is 26.2 Å². The lowest BCUT2D eigenvalue weighted by atomic mass is 10.0. The standard InChI is InChI=1S/C20H30N4O/c1-3-24-13-7-6-8-16(24)14-22-20(25)21-12-11-17-15(2)23-19-10-5-4-9-18(17)19/h4-5,9-10,16,23H,3,6-8,11-14H2,1-2H3,(H2,21,22,25). The lowest BCUT2D eigenvalue weighted by Crippen LogP contribution is -2.48. The average molecular weight is 342 g/mol. The Morgan fingerprint density at radius 1 is 1.28 bits per heavy atom. The Balaban J connectivity index is 1.45. The highest BCUT2D eigenvalue weighted by molar-refractivity contribution is 5.84. The number of rotatable bonds is 6. The first kappa shape index (κ1) is 17.8. The molecular weight excluding hydrogens is 312 g/mol. The lowest BCUT2D eigenvalue weighted by molar-refractivity contribution is 0.153. The topological polar surface area (TPSA) is 60.2 Å². The molecule has 0 radical (unpaired) electrons. The van der Waals surface area contributed by atoms with Gasteiger partial charge in [0.1, 0.15) is 0 Å². The monoisotopic (exact) mass is 342 g/mol. The SMILES string of the molecule is CCN1CCCCC1CNC(=O)NCCc1c(C)[nH]c2ccccc12. The number of urea groups is 1. The van der Waals surface area contributed by atoms with Crippen LogP contribution in [0.15, 0.2) is 24.3 Å². The van der Waals surface area contributed by atoms with Gasteiger partial charge in [0.15, 0.2) is 0 Å². The zero-order valence-corrected chi connectivity index (χ0v) is 15.4. The van der Waals surface area contributed by atoms with E-state index in [1.54, 1.807) is 0 Å². The molecule has 0 bridgehead atoms. The Morgan fingerprint density at radius 2 is 2.12 bits per heavy atom. The van der Waals surface area contributed by atoms with E-state index in [0.717, 1.165) is 31.6 Å². The number of carbonyl (C=O) groups is 1. The molecule has 25 heavy (non-hydrogen) atoms. The molecule has 3 N–H and O–H groups in total. The number of amides is 2. The molecule has 0 spiro atoms. The van der Waals surface area contributed by atoms with Crippen molar-refractivity contribution in [2.45, 2.75) is 45.6 Å². The quantitative estimate of drug-likeness (QED) is 0.755. The van der Waals surface area contributed by atoms with Crippen LogP contribution in [0.2, 0.25) is 0 Å². The number of benzene rings is 1. The third kappa shape index (κ3) is 4.34.